The molecule has 0 aliphatic carbocycles. The van der Waals surface area contributed by atoms with E-state index in [-0.39, 0.29) is 11.2 Å². The van der Waals surface area contributed by atoms with E-state index >= 15 is 0 Å². The first kappa shape index (κ1) is 13.1. The fourth-order valence-corrected chi connectivity index (χ4v) is 2.28. The molecule has 0 aliphatic rings. The molecule has 18 heavy (non-hydrogen) atoms. The number of hydrogen-bond donors (Lipinski definition) is 0. The maximum absolute atomic E-state index is 12.3. The van der Waals surface area contributed by atoms with Gasteiger partial charge in [0.1, 0.15) is 0 Å². The fourth-order valence-electron chi connectivity index (χ4n) is 1.93. The Morgan fingerprint density at radius 2 is 1.89 bits per heavy atom. The molecule has 0 aromatic carbocycles. The summed E-state index contributed by atoms with van der Waals surface area (Å²) in [5.41, 5.74) is 0.265. The summed E-state index contributed by atoms with van der Waals surface area (Å²) in [5, 5.41) is 0. The molecular formula is C11H15BrN4O2. The summed E-state index contributed by atoms with van der Waals surface area (Å²) in [6.07, 6.45) is 1.74. The standard InChI is InChI=1S/C11H15BrN4O2/c1-4-5-6-16-9(17)7-8(15(3)11(16)18)13-10(12)14(7)2/h4-6H2,1-3H3. The highest BCUT2D eigenvalue weighted by Gasteiger charge is 2.16. The second-order valence-electron chi connectivity index (χ2n) is 4.26. The van der Waals surface area contributed by atoms with Crippen molar-refractivity contribution in [2.45, 2.75) is 26.3 Å². The lowest BCUT2D eigenvalue weighted by Crippen LogP contribution is -2.39. The molecule has 0 radical (unpaired) electrons. The van der Waals surface area contributed by atoms with Crippen LogP contribution in [0.5, 0.6) is 0 Å². The number of aromatic nitrogens is 4. The van der Waals surface area contributed by atoms with E-state index in [1.165, 1.54) is 9.13 Å². The third-order valence-corrected chi connectivity index (χ3v) is 3.75. The summed E-state index contributed by atoms with van der Waals surface area (Å²) in [4.78, 5) is 28.6. The Morgan fingerprint density at radius 3 is 2.50 bits per heavy atom. The number of unbranched alkanes of at least 4 members (excludes halogenated alkanes) is 1. The van der Waals surface area contributed by atoms with Gasteiger partial charge in [-0.15, -0.1) is 0 Å². The third-order valence-electron chi connectivity index (χ3n) is 3.04. The molecular weight excluding hydrogens is 300 g/mol. The van der Waals surface area contributed by atoms with Crippen LogP contribution in [0.4, 0.5) is 0 Å². The maximum Gasteiger partial charge on any atom is 0.332 e. The largest absolute Gasteiger partial charge is 0.332 e. The molecule has 6 nitrogen and oxygen atoms in total. The molecule has 98 valence electrons. The predicted molar refractivity (Wildman–Crippen MR) is 72.8 cm³/mol. The first-order valence-electron chi connectivity index (χ1n) is 5.80. The average molecular weight is 315 g/mol. The van der Waals surface area contributed by atoms with Crippen LogP contribution in [0.25, 0.3) is 11.2 Å². The molecule has 0 N–H and O–H groups in total. The van der Waals surface area contributed by atoms with Gasteiger partial charge in [0.15, 0.2) is 15.9 Å². The Labute approximate surface area is 112 Å². The van der Waals surface area contributed by atoms with Gasteiger partial charge in [-0.1, -0.05) is 13.3 Å². The van der Waals surface area contributed by atoms with Crippen molar-refractivity contribution in [1.29, 1.82) is 0 Å². The first-order chi connectivity index (χ1) is 8.49. The number of fused-ring (bicyclic) bond motifs is 1. The van der Waals surface area contributed by atoms with Crippen molar-refractivity contribution in [3.63, 3.8) is 0 Å². The van der Waals surface area contributed by atoms with Crippen LogP contribution in [0.1, 0.15) is 19.8 Å². The van der Waals surface area contributed by atoms with Crippen LogP contribution >= 0.6 is 15.9 Å². The molecule has 0 spiro atoms. The van der Waals surface area contributed by atoms with E-state index in [9.17, 15) is 9.59 Å². The van der Waals surface area contributed by atoms with E-state index in [1.54, 1.807) is 18.7 Å². The molecule has 0 aliphatic heterocycles. The zero-order valence-corrected chi connectivity index (χ0v) is 12.2. The molecule has 0 saturated heterocycles. The quantitative estimate of drug-likeness (QED) is 0.794. The summed E-state index contributed by atoms with van der Waals surface area (Å²) < 4.78 is 4.88. The Balaban J connectivity index is 2.85. The van der Waals surface area contributed by atoms with Crippen molar-refractivity contribution < 1.29 is 0 Å². The van der Waals surface area contributed by atoms with Crippen molar-refractivity contribution in [3.05, 3.63) is 25.6 Å². The molecule has 0 unspecified atom stereocenters. The lowest BCUT2D eigenvalue weighted by Gasteiger charge is -2.07. The first-order valence-corrected chi connectivity index (χ1v) is 6.60. The summed E-state index contributed by atoms with van der Waals surface area (Å²) in [5.74, 6) is 0. The van der Waals surface area contributed by atoms with Crippen LogP contribution in [0.15, 0.2) is 14.3 Å². The van der Waals surface area contributed by atoms with Gasteiger partial charge in [-0.05, 0) is 22.4 Å². The van der Waals surface area contributed by atoms with E-state index in [2.05, 4.69) is 20.9 Å². The molecule has 0 saturated carbocycles. The van der Waals surface area contributed by atoms with Crippen molar-refractivity contribution in [3.8, 4) is 0 Å². The Kier molecular flexibility index (Phi) is 3.43. The highest BCUT2D eigenvalue weighted by molar-refractivity contribution is 9.10. The van der Waals surface area contributed by atoms with E-state index in [0.717, 1.165) is 12.8 Å². The summed E-state index contributed by atoms with van der Waals surface area (Å²) in [7, 11) is 3.38. The van der Waals surface area contributed by atoms with Gasteiger partial charge in [0, 0.05) is 20.6 Å². The van der Waals surface area contributed by atoms with E-state index in [1.807, 2.05) is 6.92 Å². The van der Waals surface area contributed by atoms with E-state index < -0.39 is 0 Å². The van der Waals surface area contributed by atoms with Crippen LogP contribution in [-0.2, 0) is 20.6 Å². The van der Waals surface area contributed by atoms with Crippen molar-refractivity contribution in [2.75, 3.05) is 0 Å². The van der Waals surface area contributed by atoms with Gasteiger partial charge in [0.25, 0.3) is 5.56 Å². The molecule has 7 heteroatoms. The molecule has 0 atom stereocenters. The number of hydrogen-bond acceptors (Lipinski definition) is 3. The van der Waals surface area contributed by atoms with Gasteiger partial charge in [0.05, 0.1) is 0 Å². The van der Waals surface area contributed by atoms with E-state index in [0.29, 0.717) is 22.4 Å². The number of rotatable bonds is 3. The third kappa shape index (κ3) is 1.82. The highest BCUT2D eigenvalue weighted by Crippen LogP contribution is 2.13. The zero-order chi connectivity index (χ0) is 13.4. The molecule has 2 heterocycles. The van der Waals surface area contributed by atoms with Crippen molar-refractivity contribution >= 4 is 27.1 Å². The minimum atomic E-state index is -0.313. The minimum absolute atomic E-state index is 0.276. The summed E-state index contributed by atoms with van der Waals surface area (Å²) in [6.45, 7) is 2.47. The molecule has 2 rings (SSSR count). The van der Waals surface area contributed by atoms with Gasteiger partial charge < -0.3 is 4.57 Å². The number of halogens is 1. The number of imidazole rings is 1. The summed E-state index contributed by atoms with van der Waals surface area (Å²) in [6, 6.07) is 0. The van der Waals surface area contributed by atoms with Gasteiger partial charge in [-0.25, -0.2) is 9.78 Å². The molecule has 0 amide bonds. The maximum atomic E-state index is 12.3. The smallest absolute Gasteiger partial charge is 0.316 e. The second-order valence-corrected chi connectivity index (χ2v) is 4.97. The monoisotopic (exact) mass is 314 g/mol. The molecule has 2 aromatic rings. The topological polar surface area (TPSA) is 61.8 Å². The lowest BCUT2D eigenvalue weighted by molar-refractivity contribution is 0.565. The van der Waals surface area contributed by atoms with Crippen molar-refractivity contribution in [2.24, 2.45) is 14.1 Å². The average Bonchev–Trinajstić information content (AvgIpc) is 2.64. The predicted octanol–water partition coefficient (Wildman–Crippen LogP) is 0.996. The van der Waals surface area contributed by atoms with Crippen LogP contribution in [0.2, 0.25) is 0 Å². The number of aryl methyl sites for hydroxylation is 2. The minimum Gasteiger partial charge on any atom is -0.316 e. The Hall–Kier alpha value is -1.37. The van der Waals surface area contributed by atoms with Gasteiger partial charge in [-0.3, -0.25) is 13.9 Å². The Morgan fingerprint density at radius 1 is 1.22 bits per heavy atom. The lowest BCUT2D eigenvalue weighted by atomic mass is 10.3. The fraction of sp³-hybridized carbons (Fsp3) is 0.545. The van der Waals surface area contributed by atoms with Crippen LogP contribution in [0, 0.1) is 0 Å². The summed E-state index contributed by atoms with van der Waals surface area (Å²) >= 11 is 3.27. The van der Waals surface area contributed by atoms with Crippen LogP contribution in [-0.4, -0.2) is 18.7 Å². The molecule has 2 aromatic heterocycles. The zero-order valence-electron chi connectivity index (χ0n) is 10.6. The SMILES string of the molecule is CCCCn1c(=O)c2c(nc(Br)n2C)n(C)c1=O. The molecule has 0 bridgehead atoms. The van der Waals surface area contributed by atoms with Crippen molar-refractivity contribution in [1.82, 2.24) is 18.7 Å². The van der Waals surface area contributed by atoms with Crippen LogP contribution in [0.3, 0.4) is 0 Å². The van der Waals surface area contributed by atoms with E-state index in [4.69, 9.17) is 0 Å². The van der Waals surface area contributed by atoms with Gasteiger partial charge >= 0.3 is 5.69 Å². The Bertz CT molecular complexity index is 710. The molecule has 0 fully saturated rings. The van der Waals surface area contributed by atoms with Crippen LogP contribution < -0.4 is 11.2 Å². The highest BCUT2D eigenvalue weighted by atomic mass is 79.9. The van der Waals surface area contributed by atoms with Gasteiger partial charge in [0.2, 0.25) is 0 Å². The van der Waals surface area contributed by atoms with Gasteiger partial charge in [-0.2, -0.15) is 0 Å². The second kappa shape index (κ2) is 4.72. The number of nitrogens with zero attached hydrogens (tertiary/aromatic N) is 4. The normalized spacial score (nSPS) is 11.3.